The van der Waals surface area contributed by atoms with Crippen LogP contribution in [0.1, 0.15) is 32.0 Å². The summed E-state index contributed by atoms with van der Waals surface area (Å²) in [5.41, 5.74) is 0.825. The van der Waals surface area contributed by atoms with Crippen molar-refractivity contribution in [2.45, 2.75) is 32.9 Å². The number of nitrogens with one attached hydrogen (secondary N) is 1. The molecular formula is C16H21N5O2. The van der Waals surface area contributed by atoms with Gasteiger partial charge >= 0.3 is 0 Å². The van der Waals surface area contributed by atoms with Gasteiger partial charge in [0.15, 0.2) is 0 Å². The Bertz CT molecular complexity index is 663. The van der Waals surface area contributed by atoms with E-state index >= 15 is 0 Å². The molecule has 3 rings (SSSR count). The molecular weight excluding hydrogens is 294 g/mol. The Morgan fingerprint density at radius 3 is 2.70 bits per heavy atom. The summed E-state index contributed by atoms with van der Waals surface area (Å²) in [6.45, 7) is 5.26. The van der Waals surface area contributed by atoms with Crippen LogP contribution in [0.2, 0.25) is 0 Å². The summed E-state index contributed by atoms with van der Waals surface area (Å²) in [6.07, 6.45) is 7.79. The predicted molar refractivity (Wildman–Crippen MR) is 83.2 cm³/mol. The van der Waals surface area contributed by atoms with Crippen LogP contribution in [0.4, 0.5) is 0 Å². The van der Waals surface area contributed by atoms with E-state index in [2.05, 4.69) is 15.2 Å². The Balaban J connectivity index is 1.78. The number of aromatic amines is 1. The number of rotatable bonds is 6. The number of aryl methyl sites for hydroxylation is 1. The van der Waals surface area contributed by atoms with Gasteiger partial charge in [-0.2, -0.15) is 5.10 Å². The van der Waals surface area contributed by atoms with E-state index in [1.807, 2.05) is 30.7 Å². The van der Waals surface area contributed by atoms with Crippen LogP contribution >= 0.6 is 0 Å². The molecule has 0 radical (unpaired) electrons. The summed E-state index contributed by atoms with van der Waals surface area (Å²) >= 11 is 0. The summed E-state index contributed by atoms with van der Waals surface area (Å²) in [7, 11) is 0. The molecule has 7 heteroatoms. The van der Waals surface area contributed by atoms with E-state index in [-0.39, 0.29) is 29.6 Å². The van der Waals surface area contributed by atoms with Crippen molar-refractivity contribution in [3.63, 3.8) is 0 Å². The maximum atomic E-state index is 12.4. The van der Waals surface area contributed by atoms with Crippen molar-refractivity contribution >= 4 is 11.7 Å². The van der Waals surface area contributed by atoms with Crippen molar-refractivity contribution in [1.29, 1.82) is 0 Å². The minimum atomic E-state index is -0.381. The second-order valence-electron chi connectivity index (χ2n) is 6.24. The van der Waals surface area contributed by atoms with Crippen LogP contribution in [0, 0.1) is 11.8 Å². The van der Waals surface area contributed by atoms with Crippen molar-refractivity contribution < 1.29 is 9.59 Å². The molecule has 7 nitrogen and oxygen atoms in total. The van der Waals surface area contributed by atoms with Gasteiger partial charge in [0.2, 0.25) is 5.78 Å². The third kappa shape index (κ3) is 2.91. The number of aromatic nitrogens is 4. The van der Waals surface area contributed by atoms with Gasteiger partial charge in [0.25, 0.3) is 5.91 Å². The molecule has 3 heterocycles. The fourth-order valence-electron chi connectivity index (χ4n) is 3.29. The van der Waals surface area contributed by atoms with Gasteiger partial charge in [0, 0.05) is 31.7 Å². The summed E-state index contributed by atoms with van der Waals surface area (Å²) in [6, 6.07) is 1.59. The third-order valence-electron chi connectivity index (χ3n) is 4.38. The molecule has 2 atom stereocenters. The molecule has 0 spiro atoms. The lowest BCUT2D eigenvalue weighted by Gasteiger charge is -2.27. The Kier molecular flexibility index (Phi) is 4.27. The van der Waals surface area contributed by atoms with E-state index in [0.29, 0.717) is 6.54 Å². The average molecular weight is 315 g/mol. The number of nitrogens with zero attached hydrogens (tertiary/aromatic N) is 4. The maximum absolute atomic E-state index is 12.4. The number of likely N-dealkylation sites (tertiary alicyclic amines) is 1. The molecule has 1 fully saturated rings. The first-order valence-corrected chi connectivity index (χ1v) is 7.89. The molecule has 1 saturated heterocycles. The molecule has 1 aliphatic rings. The van der Waals surface area contributed by atoms with E-state index in [1.165, 1.54) is 0 Å². The minimum Gasteiger partial charge on any atom is -0.337 e. The van der Waals surface area contributed by atoms with Crippen LogP contribution in [0.15, 0.2) is 31.0 Å². The zero-order chi connectivity index (χ0) is 16.4. The summed E-state index contributed by atoms with van der Waals surface area (Å²) in [5, 5.41) is 6.91. The van der Waals surface area contributed by atoms with Crippen molar-refractivity contribution in [3.8, 4) is 0 Å². The second kappa shape index (κ2) is 6.36. The van der Waals surface area contributed by atoms with Crippen LogP contribution in [0.3, 0.4) is 0 Å². The number of carbonyl (C=O) groups is 2. The van der Waals surface area contributed by atoms with E-state index in [4.69, 9.17) is 0 Å². The Morgan fingerprint density at radius 1 is 1.26 bits per heavy atom. The maximum Gasteiger partial charge on any atom is 0.290 e. The van der Waals surface area contributed by atoms with E-state index in [1.54, 1.807) is 23.6 Å². The minimum absolute atomic E-state index is 0.0957. The number of H-pyrrole nitrogens is 1. The molecule has 2 aromatic heterocycles. The number of hydrogen-bond acceptors (Lipinski definition) is 4. The van der Waals surface area contributed by atoms with Crippen molar-refractivity contribution in [1.82, 2.24) is 24.6 Å². The zero-order valence-corrected chi connectivity index (χ0v) is 13.3. The van der Waals surface area contributed by atoms with Crippen LogP contribution in [0.25, 0.3) is 0 Å². The van der Waals surface area contributed by atoms with Gasteiger partial charge in [-0.1, -0.05) is 13.8 Å². The van der Waals surface area contributed by atoms with Crippen molar-refractivity contribution in [2.24, 2.45) is 11.8 Å². The van der Waals surface area contributed by atoms with E-state index in [0.717, 1.165) is 18.7 Å². The van der Waals surface area contributed by atoms with Gasteiger partial charge in [0.05, 0.1) is 24.0 Å². The van der Waals surface area contributed by atoms with Gasteiger partial charge in [-0.3, -0.25) is 14.7 Å². The SMILES string of the molecule is CC(C)C1C(=O)C(=O)N(CCCn2ccnc2)C1c1ccn[nH]1. The molecule has 0 saturated carbocycles. The first-order valence-electron chi connectivity index (χ1n) is 7.89. The van der Waals surface area contributed by atoms with Crippen LogP contribution in [0.5, 0.6) is 0 Å². The highest BCUT2D eigenvalue weighted by atomic mass is 16.2. The molecule has 0 bridgehead atoms. The van der Waals surface area contributed by atoms with Crippen molar-refractivity contribution in [2.75, 3.05) is 6.54 Å². The fourth-order valence-corrected chi connectivity index (χ4v) is 3.29. The quantitative estimate of drug-likeness (QED) is 0.817. The van der Waals surface area contributed by atoms with E-state index in [9.17, 15) is 9.59 Å². The number of amides is 1. The standard InChI is InChI=1S/C16H21N5O2/c1-11(2)13-14(12-4-5-18-19-12)21(16(23)15(13)22)8-3-7-20-9-6-17-10-20/h4-6,9-11,13-14H,3,7-8H2,1-2H3,(H,18,19). The lowest BCUT2D eigenvalue weighted by atomic mass is 9.86. The summed E-state index contributed by atoms with van der Waals surface area (Å²) < 4.78 is 1.97. The highest BCUT2D eigenvalue weighted by Crippen LogP contribution is 2.39. The summed E-state index contributed by atoms with van der Waals surface area (Å²) in [5.74, 6) is -0.897. The molecule has 2 unspecified atom stereocenters. The predicted octanol–water partition coefficient (Wildman–Crippen LogP) is 1.42. The highest BCUT2D eigenvalue weighted by Gasteiger charge is 2.49. The van der Waals surface area contributed by atoms with E-state index < -0.39 is 0 Å². The second-order valence-corrected chi connectivity index (χ2v) is 6.24. The fraction of sp³-hybridized carbons (Fsp3) is 0.500. The number of hydrogen-bond donors (Lipinski definition) is 1. The number of ketones is 1. The number of imidazole rings is 1. The molecule has 1 aliphatic heterocycles. The Hall–Kier alpha value is -2.44. The zero-order valence-electron chi connectivity index (χ0n) is 13.3. The molecule has 122 valence electrons. The smallest absolute Gasteiger partial charge is 0.290 e. The lowest BCUT2D eigenvalue weighted by Crippen LogP contribution is -2.32. The molecule has 0 aromatic carbocycles. The number of carbonyl (C=O) groups excluding carboxylic acids is 2. The van der Waals surface area contributed by atoms with Gasteiger partial charge in [-0.05, 0) is 18.4 Å². The molecule has 1 N–H and O–H groups in total. The lowest BCUT2D eigenvalue weighted by molar-refractivity contribution is -0.141. The monoisotopic (exact) mass is 315 g/mol. The van der Waals surface area contributed by atoms with Crippen LogP contribution < -0.4 is 0 Å². The van der Waals surface area contributed by atoms with Gasteiger partial charge < -0.3 is 9.47 Å². The molecule has 2 aromatic rings. The Morgan fingerprint density at radius 2 is 2.09 bits per heavy atom. The first kappa shape index (κ1) is 15.5. The van der Waals surface area contributed by atoms with Crippen molar-refractivity contribution in [3.05, 3.63) is 36.7 Å². The van der Waals surface area contributed by atoms with Gasteiger partial charge in [0.1, 0.15) is 0 Å². The van der Waals surface area contributed by atoms with Gasteiger partial charge in [-0.25, -0.2) is 4.98 Å². The first-order chi connectivity index (χ1) is 11.1. The molecule has 0 aliphatic carbocycles. The van der Waals surface area contributed by atoms with Crippen LogP contribution in [-0.4, -0.2) is 42.9 Å². The average Bonchev–Trinajstić information content (AvgIpc) is 3.23. The molecule has 23 heavy (non-hydrogen) atoms. The topological polar surface area (TPSA) is 83.9 Å². The normalized spacial score (nSPS) is 21.6. The Labute approximate surface area is 134 Å². The third-order valence-corrected chi connectivity index (χ3v) is 4.38. The highest BCUT2D eigenvalue weighted by molar-refractivity contribution is 6.39. The summed E-state index contributed by atoms with van der Waals surface area (Å²) in [4.78, 5) is 30.6. The number of Topliss-reactive ketones (excluding diaryl/α,β-unsaturated/α-hetero) is 1. The molecule has 1 amide bonds. The van der Waals surface area contributed by atoms with Gasteiger partial charge in [-0.15, -0.1) is 0 Å². The van der Waals surface area contributed by atoms with Crippen LogP contribution in [-0.2, 0) is 16.1 Å². The largest absolute Gasteiger partial charge is 0.337 e.